The first-order valence-electron chi connectivity index (χ1n) is 7.15. The van der Waals surface area contributed by atoms with Gasteiger partial charge in [0.1, 0.15) is 0 Å². The molecule has 1 aliphatic carbocycles. The first-order valence-corrected chi connectivity index (χ1v) is 7.15. The van der Waals surface area contributed by atoms with Crippen LogP contribution in [0, 0.1) is 0 Å². The van der Waals surface area contributed by atoms with Crippen molar-refractivity contribution in [2.24, 2.45) is 0 Å². The molecule has 0 radical (unpaired) electrons. The van der Waals surface area contributed by atoms with Crippen molar-refractivity contribution in [2.75, 3.05) is 6.54 Å². The highest BCUT2D eigenvalue weighted by molar-refractivity contribution is 5.94. The quantitative estimate of drug-likeness (QED) is 0.905. The van der Waals surface area contributed by atoms with Gasteiger partial charge in [0.15, 0.2) is 0 Å². The molecule has 1 heterocycles. The standard InChI is InChI=1S/C16H17N3O2/c20-15-9-8-14(12-6-7-12)18-19(15)11-10-17-16(21)13-4-2-1-3-5-13/h1-5,8-9,12H,6-7,10-11H2,(H,17,21). The number of hydrogen-bond acceptors (Lipinski definition) is 3. The van der Waals surface area contributed by atoms with E-state index in [0.29, 0.717) is 24.6 Å². The molecule has 3 rings (SSSR count). The van der Waals surface area contributed by atoms with E-state index in [4.69, 9.17) is 0 Å². The monoisotopic (exact) mass is 283 g/mol. The molecule has 21 heavy (non-hydrogen) atoms. The molecule has 1 saturated carbocycles. The Hall–Kier alpha value is -2.43. The smallest absolute Gasteiger partial charge is 0.266 e. The zero-order valence-electron chi connectivity index (χ0n) is 11.7. The van der Waals surface area contributed by atoms with Gasteiger partial charge in [0.25, 0.3) is 11.5 Å². The molecule has 0 bridgehead atoms. The Morgan fingerprint density at radius 1 is 1.19 bits per heavy atom. The van der Waals surface area contributed by atoms with E-state index in [1.165, 1.54) is 4.68 Å². The van der Waals surface area contributed by atoms with E-state index < -0.39 is 0 Å². The minimum atomic E-state index is -0.137. The summed E-state index contributed by atoms with van der Waals surface area (Å²) in [6.45, 7) is 0.771. The van der Waals surface area contributed by atoms with Gasteiger partial charge < -0.3 is 5.32 Å². The average Bonchev–Trinajstić information content (AvgIpc) is 3.35. The number of carbonyl (C=O) groups is 1. The van der Waals surface area contributed by atoms with Crippen molar-refractivity contribution in [3.63, 3.8) is 0 Å². The van der Waals surface area contributed by atoms with Crippen LogP contribution < -0.4 is 10.9 Å². The highest BCUT2D eigenvalue weighted by Gasteiger charge is 2.25. The van der Waals surface area contributed by atoms with Gasteiger partial charge in [-0.05, 0) is 31.0 Å². The first-order chi connectivity index (χ1) is 10.2. The van der Waals surface area contributed by atoms with Gasteiger partial charge in [0.2, 0.25) is 0 Å². The minimum Gasteiger partial charge on any atom is -0.350 e. The summed E-state index contributed by atoms with van der Waals surface area (Å²) in [4.78, 5) is 23.6. The zero-order valence-corrected chi connectivity index (χ0v) is 11.7. The van der Waals surface area contributed by atoms with Crippen LogP contribution in [0.1, 0.15) is 34.8 Å². The molecule has 0 unspecified atom stereocenters. The van der Waals surface area contributed by atoms with Crippen LogP contribution in [-0.2, 0) is 6.54 Å². The first kappa shape index (κ1) is 13.5. The number of nitrogens with zero attached hydrogens (tertiary/aromatic N) is 2. The molecule has 1 fully saturated rings. The lowest BCUT2D eigenvalue weighted by Gasteiger charge is -2.08. The molecule has 5 heteroatoms. The van der Waals surface area contributed by atoms with Gasteiger partial charge in [0.05, 0.1) is 12.2 Å². The maximum absolute atomic E-state index is 11.9. The number of rotatable bonds is 5. The summed E-state index contributed by atoms with van der Waals surface area (Å²) < 4.78 is 1.43. The molecular weight excluding hydrogens is 266 g/mol. The Labute approximate surface area is 122 Å². The molecule has 1 aromatic carbocycles. The number of amides is 1. The molecule has 1 amide bonds. The summed E-state index contributed by atoms with van der Waals surface area (Å²) >= 11 is 0. The maximum Gasteiger partial charge on any atom is 0.266 e. The lowest BCUT2D eigenvalue weighted by atomic mass is 10.2. The van der Waals surface area contributed by atoms with Gasteiger partial charge in [-0.3, -0.25) is 9.59 Å². The van der Waals surface area contributed by atoms with Crippen LogP contribution in [0.15, 0.2) is 47.3 Å². The predicted octanol–water partition coefficient (Wildman–Crippen LogP) is 1.55. The van der Waals surface area contributed by atoms with Crippen LogP contribution in [0.4, 0.5) is 0 Å². The van der Waals surface area contributed by atoms with Crippen molar-refractivity contribution in [3.05, 3.63) is 64.1 Å². The molecule has 1 N–H and O–H groups in total. The highest BCUT2D eigenvalue weighted by atomic mass is 16.1. The van der Waals surface area contributed by atoms with E-state index in [9.17, 15) is 9.59 Å². The second-order valence-corrected chi connectivity index (χ2v) is 5.22. The topological polar surface area (TPSA) is 64.0 Å². The number of nitrogens with one attached hydrogen (secondary N) is 1. The summed E-state index contributed by atoms with van der Waals surface area (Å²) in [6, 6.07) is 12.4. The number of benzene rings is 1. The van der Waals surface area contributed by atoms with E-state index in [1.807, 2.05) is 18.2 Å². The number of carbonyl (C=O) groups excluding carboxylic acids is 1. The second kappa shape index (κ2) is 5.91. The zero-order chi connectivity index (χ0) is 14.7. The van der Waals surface area contributed by atoms with Crippen molar-refractivity contribution in [3.8, 4) is 0 Å². The van der Waals surface area contributed by atoms with Crippen LogP contribution in [0.25, 0.3) is 0 Å². The largest absolute Gasteiger partial charge is 0.350 e. The van der Waals surface area contributed by atoms with Gasteiger partial charge in [0, 0.05) is 24.1 Å². The van der Waals surface area contributed by atoms with Gasteiger partial charge in [-0.1, -0.05) is 18.2 Å². The molecule has 1 aromatic heterocycles. The Balaban J connectivity index is 1.59. The summed E-state index contributed by atoms with van der Waals surface area (Å²) in [6.07, 6.45) is 2.30. The molecular formula is C16H17N3O2. The van der Waals surface area contributed by atoms with E-state index in [-0.39, 0.29) is 11.5 Å². The van der Waals surface area contributed by atoms with Gasteiger partial charge in [-0.15, -0.1) is 0 Å². The van der Waals surface area contributed by atoms with Crippen molar-refractivity contribution >= 4 is 5.91 Å². The molecule has 0 saturated heterocycles. The summed E-state index contributed by atoms with van der Waals surface area (Å²) in [7, 11) is 0. The lowest BCUT2D eigenvalue weighted by molar-refractivity contribution is 0.0951. The Kier molecular flexibility index (Phi) is 3.81. The van der Waals surface area contributed by atoms with Crippen molar-refractivity contribution < 1.29 is 4.79 Å². The molecule has 1 aliphatic rings. The highest BCUT2D eigenvalue weighted by Crippen LogP contribution is 2.38. The Bertz CT molecular complexity index is 690. The summed E-state index contributed by atoms with van der Waals surface area (Å²) in [5.74, 6) is 0.373. The van der Waals surface area contributed by atoms with E-state index in [2.05, 4.69) is 10.4 Å². The lowest BCUT2D eigenvalue weighted by Crippen LogP contribution is -2.32. The minimum absolute atomic E-state index is 0.131. The van der Waals surface area contributed by atoms with Crippen LogP contribution in [0.3, 0.4) is 0 Å². The van der Waals surface area contributed by atoms with Crippen LogP contribution in [-0.4, -0.2) is 22.2 Å². The van der Waals surface area contributed by atoms with E-state index in [0.717, 1.165) is 18.5 Å². The second-order valence-electron chi connectivity index (χ2n) is 5.22. The van der Waals surface area contributed by atoms with Crippen LogP contribution in [0.2, 0.25) is 0 Å². The van der Waals surface area contributed by atoms with Gasteiger partial charge in [-0.25, -0.2) is 4.68 Å². The normalized spacial score (nSPS) is 13.9. The third-order valence-electron chi connectivity index (χ3n) is 3.53. The Morgan fingerprint density at radius 3 is 2.67 bits per heavy atom. The molecule has 0 spiro atoms. The third-order valence-corrected chi connectivity index (χ3v) is 3.53. The predicted molar refractivity (Wildman–Crippen MR) is 79.2 cm³/mol. The summed E-state index contributed by atoms with van der Waals surface area (Å²) in [5.41, 5.74) is 1.46. The van der Waals surface area contributed by atoms with Crippen LogP contribution in [0.5, 0.6) is 0 Å². The van der Waals surface area contributed by atoms with E-state index in [1.54, 1.807) is 24.3 Å². The van der Waals surface area contributed by atoms with Gasteiger partial charge in [-0.2, -0.15) is 5.10 Å². The fraction of sp³-hybridized carbons (Fsp3) is 0.312. The molecule has 108 valence electrons. The number of hydrogen-bond donors (Lipinski definition) is 1. The third kappa shape index (κ3) is 3.37. The maximum atomic E-state index is 11.9. The molecule has 0 aliphatic heterocycles. The molecule has 2 aromatic rings. The SMILES string of the molecule is O=C(NCCn1nc(C2CC2)ccc1=O)c1ccccc1. The van der Waals surface area contributed by atoms with Crippen LogP contribution >= 0.6 is 0 Å². The van der Waals surface area contributed by atoms with Crippen molar-refractivity contribution in [1.29, 1.82) is 0 Å². The van der Waals surface area contributed by atoms with Gasteiger partial charge >= 0.3 is 0 Å². The van der Waals surface area contributed by atoms with Crippen molar-refractivity contribution in [1.82, 2.24) is 15.1 Å². The fourth-order valence-corrected chi connectivity index (χ4v) is 2.19. The Morgan fingerprint density at radius 2 is 1.95 bits per heavy atom. The fourth-order valence-electron chi connectivity index (χ4n) is 2.19. The number of aromatic nitrogens is 2. The van der Waals surface area contributed by atoms with Crippen molar-refractivity contribution in [2.45, 2.75) is 25.3 Å². The average molecular weight is 283 g/mol. The molecule has 0 atom stereocenters. The molecule has 5 nitrogen and oxygen atoms in total. The van der Waals surface area contributed by atoms with E-state index >= 15 is 0 Å². The summed E-state index contributed by atoms with van der Waals surface area (Å²) in [5, 5.41) is 7.16.